The lowest BCUT2D eigenvalue weighted by Gasteiger charge is -1.98. The third-order valence-corrected chi connectivity index (χ3v) is 1.53. The third kappa shape index (κ3) is 2.33. The molecule has 13 heavy (non-hydrogen) atoms. The maximum Gasteiger partial charge on any atom is 0.113 e. The van der Waals surface area contributed by atoms with Gasteiger partial charge >= 0.3 is 0 Å². The van der Waals surface area contributed by atoms with E-state index in [0.29, 0.717) is 11.2 Å². The molecule has 2 radical (unpaired) electrons. The Morgan fingerprint density at radius 1 is 1.38 bits per heavy atom. The second kappa shape index (κ2) is 4.30. The molecule has 5 heteroatoms. The van der Waals surface area contributed by atoms with Crippen molar-refractivity contribution in [3.8, 4) is 0 Å². The fraction of sp³-hybridized carbons (Fsp3) is 0. The molecule has 0 heterocycles. The first-order valence-electron chi connectivity index (χ1n) is 3.59. The van der Waals surface area contributed by atoms with Gasteiger partial charge in [-0.15, -0.1) is 0 Å². The van der Waals surface area contributed by atoms with Crippen LogP contribution in [0.5, 0.6) is 0 Å². The van der Waals surface area contributed by atoms with E-state index in [-0.39, 0.29) is 0 Å². The number of oxime groups is 1. The van der Waals surface area contributed by atoms with E-state index in [4.69, 9.17) is 18.9 Å². The fourth-order valence-corrected chi connectivity index (χ4v) is 0.891. The Kier molecular flexibility index (Phi) is 3.08. The predicted octanol–water partition coefficient (Wildman–Crippen LogP) is -0.397. The minimum Gasteiger partial charge on any atom is -0.411 e. The molecule has 1 aromatic carbocycles. The highest BCUT2D eigenvalue weighted by atomic mass is 16.4. The summed E-state index contributed by atoms with van der Waals surface area (Å²) >= 11 is 0. The van der Waals surface area contributed by atoms with Crippen molar-refractivity contribution in [3.05, 3.63) is 29.8 Å². The van der Waals surface area contributed by atoms with Gasteiger partial charge in [0, 0.05) is 5.56 Å². The largest absolute Gasteiger partial charge is 0.411 e. The van der Waals surface area contributed by atoms with Crippen LogP contribution in [0, 0.1) is 0 Å². The summed E-state index contributed by atoms with van der Waals surface area (Å²) in [5, 5.41) is 14.6. The zero-order valence-corrected chi connectivity index (χ0v) is 6.88. The van der Waals surface area contributed by atoms with Crippen LogP contribution < -0.4 is 11.3 Å². The number of nitrogens with zero attached hydrogens (tertiary/aromatic N) is 2. The highest BCUT2D eigenvalue weighted by Gasteiger charge is 1.98. The van der Waals surface area contributed by atoms with Crippen LogP contribution in [0.4, 0.5) is 0 Å². The Bertz CT molecular complexity index is 332. The summed E-state index contributed by atoms with van der Waals surface area (Å²) in [6.45, 7) is 0. The number of hydrazone groups is 1. The zero-order chi connectivity index (χ0) is 9.68. The monoisotopic (exact) mass is 173 g/mol. The van der Waals surface area contributed by atoms with E-state index >= 15 is 0 Å². The molecule has 0 atom stereocenters. The molecule has 0 spiro atoms. The lowest BCUT2D eigenvalue weighted by molar-refractivity contribution is 0.322. The molecule has 0 saturated heterocycles. The van der Waals surface area contributed by atoms with Gasteiger partial charge in [-0.25, -0.2) is 0 Å². The summed E-state index contributed by atoms with van der Waals surface area (Å²) in [6.07, 6.45) is 1.16. The molecule has 0 aliphatic carbocycles. The van der Waals surface area contributed by atoms with Crippen molar-refractivity contribution in [1.29, 1.82) is 0 Å². The smallest absolute Gasteiger partial charge is 0.113 e. The van der Waals surface area contributed by atoms with Gasteiger partial charge in [-0.3, -0.25) is 0 Å². The van der Waals surface area contributed by atoms with Crippen LogP contribution >= 0.6 is 0 Å². The van der Waals surface area contributed by atoms with Crippen LogP contribution in [0.15, 0.2) is 34.5 Å². The molecule has 0 saturated carbocycles. The molecule has 0 unspecified atom stereocenters. The van der Waals surface area contributed by atoms with Gasteiger partial charge in [0.15, 0.2) is 0 Å². The number of hydrogen-bond acceptors (Lipinski definition) is 4. The van der Waals surface area contributed by atoms with Crippen LogP contribution in [0.1, 0.15) is 5.56 Å². The average molecular weight is 173 g/mol. The van der Waals surface area contributed by atoms with Crippen molar-refractivity contribution in [2.45, 2.75) is 0 Å². The zero-order valence-electron chi connectivity index (χ0n) is 6.88. The second-order valence-corrected chi connectivity index (χ2v) is 2.38. The lowest BCUT2D eigenvalue weighted by atomic mass is 9.94. The molecule has 0 aromatic heterocycles. The number of benzene rings is 1. The maximum atomic E-state index is 8.29. The molecule has 1 aromatic rings. The van der Waals surface area contributed by atoms with Gasteiger partial charge in [0.1, 0.15) is 13.6 Å². The summed E-state index contributed by atoms with van der Waals surface area (Å²) in [5.41, 5.74) is 1.79. The summed E-state index contributed by atoms with van der Waals surface area (Å²) < 4.78 is 0. The van der Waals surface area contributed by atoms with Gasteiger partial charge in [0.2, 0.25) is 0 Å². The lowest BCUT2D eigenvalue weighted by Crippen LogP contribution is -2.08. The molecule has 0 fully saturated rings. The Morgan fingerprint density at radius 3 is 2.46 bits per heavy atom. The Hall–Kier alpha value is -1.78. The van der Waals surface area contributed by atoms with Crippen molar-refractivity contribution >= 4 is 25.2 Å². The number of rotatable bonds is 2. The van der Waals surface area contributed by atoms with Gasteiger partial charge in [-0.2, -0.15) is 5.10 Å². The van der Waals surface area contributed by atoms with Crippen molar-refractivity contribution < 1.29 is 5.21 Å². The van der Waals surface area contributed by atoms with Gasteiger partial charge in [0.25, 0.3) is 0 Å². The molecule has 0 bridgehead atoms. The molecule has 0 aliphatic rings. The predicted molar refractivity (Wildman–Crippen MR) is 52.8 cm³/mol. The normalized spacial score (nSPS) is 12.2. The second-order valence-electron chi connectivity index (χ2n) is 2.38. The van der Waals surface area contributed by atoms with Crippen molar-refractivity contribution in [2.75, 3.05) is 0 Å². The van der Waals surface area contributed by atoms with Crippen LogP contribution in [-0.2, 0) is 0 Å². The van der Waals surface area contributed by atoms with Crippen molar-refractivity contribution in [3.63, 3.8) is 0 Å². The first-order valence-corrected chi connectivity index (χ1v) is 3.59. The van der Waals surface area contributed by atoms with E-state index < -0.39 is 0 Å². The van der Waals surface area contributed by atoms with E-state index in [1.54, 1.807) is 24.3 Å². The van der Waals surface area contributed by atoms with Crippen molar-refractivity contribution in [2.24, 2.45) is 16.1 Å². The highest BCUT2D eigenvalue weighted by Crippen LogP contribution is 1.97. The van der Waals surface area contributed by atoms with Crippen molar-refractivity contribution in [1.82, 2.24) is 0 Å². The van der Waals surface area contributed by atoms with Gasteiger partial charge in [0.05, 0.1) is 6.21 Å². The molecular formula is C8H8BN3O. The standard InChI is InChI=1S/C8H8BN3O/c9-7-3-1-6(2-4-7)8(12-10)5-11-13/h1-5,13H,10H2/b11-5+,12-8+. The summed E-state index contributed by atoms with van der Waals surface area (Å²) in [4.78, 5) is 0. The highest BCUT2D eigenvalue weighted by molar-refractivity contribution is 6.38. The Morgan fingerprint density at radius 2 is 2.00 bits per heavy atom. The number of hydrogen-bond donors (Lipinski definition) is 2. The topological polar surface area (TPSA) is 71.0 Å². The molecule has 1 rings (SSSR count). The molecule has 0 aliphatic heterocycles. The van der Waals surface area contributed by atoms with Crippen LogP contribution in [0.2, 0.25) is 0 Å². The van der Waals surface area contributed by atoms with E-state index in [2.05, 4.69) is 10.3 Å². The average Bonchev–Trinajstić information content (AvgIpc) is 2.16. The fourth-order valence-electron chi connectivity index (χ4n) is 0.891. The number of nitrogens with two attached hydrogens (primary N) is 1. The first kappa shape index (κ1) is 9.31. The summed E-state index contributed by atoms with van der Waals surface area (Å²) in [7, 11) is 5.49. The summed E-state index contributed by atoms with van der Waals surface area (Å²) in [6, 6.07) is 6.91. The molecule has 0 amide bonds. The van der Waals surface area contributed by atoms with Gasteiger partial charge in [-0.1, -0.05) is 34.9 Å². The van der Waals surface area contributed by atoms with E-state index in [9.17, 15) is 0 Å². The van der Waals surface area contributed by atoms with Crippen LogP contribution in [-0.4, -0.2) is 25.0 Å². The minimum absolute atomic E-state index is 0.391. The molecular weight excluding hydrogens is 165 g/mol. The van der Waals surface area contributed by atoms with E-state index in [1.165, 1.54) is 0 Å². The summed E-state index contributed by atoms with van der Waals surface area (Å²) in [5.74, 6) is 5.08. The van der Waals surface area contributed by atoms with E-state index in [0.717, 1.165) is 11.8 Å². The van der Waals surface area contributed by atoms with E-state index in [1.807, 2.05) is 0 Å². The molecule has 64 valence electrons. The third-order valence-electron chi connectivity index (χ3n) is 1.53. The van der Waals surface area contributed by atoms with Gasteiger partial charge < -0.3 is 11.0 Å². The quantitative estimate of drug-likeness (QED) is 0.210. The van der Waals surface area contributed by atoms with Crippen LogP contribution in [0.3, 0.4) is 0 Å². The maximum absolute atomic E-state index is 8.29. The molecule has 4 nitrogen and oxygen atoms in total. The first-order chi connectivity index (χ1) is 6.27. The SMILES string of the molecule is [B]c1ccc(C(/C=N/O)=N/N)cc1. The Balaban J connectivity index is 3.00. The van der Waals surface area contributed by atoms with Crippen LogP contribution in [0.25, 0.3) is 0 Å². The molecule has 3 N–H and O–H groups in total. The Labute approximate surface area is 77.2 Å². The minimum atomic E-state index is 0.391. The van der Waals surface area contributed by atoms with Gasteiger partial charge in [-0.05, 0) is 0 Å².